The Morgan fingerprint density at radius 1 is 1.11 bits per heavy atom. The van der Waals surface area contributed by atoms with Crippen LogP contribution in [0.3, 0.4) is 0 Å². The van der Waals surface area contributed by atoms with Gasteiger partial charge < -0.3 is 5.73 Å². The molecule has 0 aliphatic rings. The fraction of sp³-hybridized carbons (Fsp3) is 0.438. The van der Waals surface area contributed by atoms with E-state index in [0.717, 1.165) is 37.2 Å². The molecule has 0 aliphatic carbocycles. The molecule has 0 saturated heterocycles. The van der Waals surface area contributed by atoms with Gasteiger partial charge in [0.05, 0.1) is 5.69 Å². The summed E-state index contributed by atoms with van der Waals surface area (Å²) in [5.74, 6) is 0.820. The van der Waals surface area contributed by atoms with Crippen molar-refractivity contribution in [2.24, 2.45) is 7.05 Å². The van der Waals surface area contributed by atoms with Crippen molar-refractivity contribution in [2.45, 2.75) is 39.5 Å². The number of hydrogen-bond donors (Lipinski definition) is 1. The van der Waals surface area contributed by atoms with Crippen LogP contribution in [0.1, 0.15) is 35.7 Å². The van der Waals surface area contributed by atoms with E-state index in [0.29, 0.717) is 0 Å². The van der Waals surface area contributed by atoms with E-state index < -0.39 is 0 Å². The van der Waals surface area contributed by atoms with E-state index >= 15 is 0 Å². The molecule has 0 fully saturated rings. The highest BCUT2D eigenvalue weighted by atomic mass is 15.3. The smallest absolute Gasteiger partial charge is 0.124 e. The van der Waals surface area contributed by atoms with Gasteiger partial charge in [-0.3, -0.25) is 4.68 Å². The normalized spacial score (nSPS) is 10.9. The van der Waals surface area contributed by atoms with Crippen LogP contribution >= 0.6 is 0 Å². The highest BCUT2D eigenvalue weighted by Gasteiger charge is 2.12. The summed E-state index contributed by atoms with van der Waals surface area (Å²) < 4.78 is 1.80. The van der Waals surface area contributed by atoms with E-state index in [1.165, 1.54) is 16.7 Å². The van der Waals surface area contributed by atoms with E-state index in [2.05, 4.69) is 43.2 Å². The number of nitrogens with zero attached hydrogens (tertiary/aromatic N) is 2. The van der Waals surface area contributed by atoms with E-state index in [-0.39, 0.29) is 0 Å². The average Bonchev–Trinajstić information content (AvgIpc) is 2.66. The highest BCUT2D eigenvalue weighted by Crippen LogP contribution is 2.19. The quantitative estimate of drug-likeness (QED) is 0.894. The summed E-state index contributed by atoms with van der Waals surface area (Å²) in [5.41, 5.74) is 11.1. The van der Waals surface area contributed by atoms with Gasteiger partial charge in [-0.15, -0.1) is 0 Å². The lowest BCUT2D eigenvalue weighted by Gasteiger charge is -2.03. The molecular formula is C16H23N3. The molecule has 3 heteroatoms. The third-order valence-corrected chi connectivity index (χ3v) is 3.55. The Balaban J connectivity index is 2.10. The first-order valence-corrected chi connectivity index (χ1v) is 6.97. The monoisotopic (exact) mass is 257 g/mol. The Morgan fingerprint density at radius 2 is 1.79 bits per heavy atom. The summed E-state index contributed by atoms with van der Waals surface area (Å²) in [4.78, 5) is 0. The zero-order valence-electron chi connectivity index (χ0n) is 12.1. The van der Waals surface area contributed by atoms with E-state index in [1.807, 2.05) is 7.05 Å². The van der Waals surface area contributed by atoms with E-state index in [9.17, 15) is 0 Å². The largest absolute Gasteiger partial charge is 0.384 e. The van der Waals surface area contributed by atoms with Gasteiger partial charge in [0, 0.05) is 12.6 Å². The van der Waals surface area contributed by atoms with Crippen LogP contribution in [0.25, 0.3) is 0 Å². The molecule has 0 radical (unpaired) electrons. The van der Waals surface area contributed by atoms with Gasteiger partial charge in [-0.25, -0.2) is 0 Å². The molecule has 1 aromatic heterocycles. The molecular weight excluding hydrogens is 234 g/mol. The number of aryl methyl sites for hydroxylation is 4. The molecule has 0 atom stereocenters. The van der Waals surface area contributed by atoms with Crippen LogP contribution in [-0.2, 0) is 26.3 Å². The first kappa shape index (κ1) is 13.7. The van der Waals surface area contributed by atoms with Gasteiger partial charge >= 0.3 is 0 Å². The SMILES string of the molecule is CCCc1c(CCc2ccc(C)cc2)nn(C)c1N. The van der Waals surface area contributed by atoms with Crippen molar-refractivity contribution in [3.8, 4) is 0 Å². The molecule has 0 bridgehead atoms. The first-order chi connectivity index (χ1) is 9.11. The molecule has 2 rings (SSSR count). The lowest BCUT2D eigenvalue weighted by atomic mass is 10.0. The average molecular weight is 257 g/mol. The van der Waals surface area contributed by atoms with Crippen LogP contribution in [0, 0.1) is 6.92 Å². The van der Waals surface area contributed by atoms with E-state index in [4.69, 9.17) is 5.73 Å². The van der Waals surface area contributed by atoms with Crippen LogP contribution in [0.15, 0.2) is 24.3 Å². The number of nitrogens with two attached hydrogens (primary N) is 1. The standard InChI is InChI=1S/C16H23N3/c1-4-5-14-15(18-19(3)16(14)17)11-10-13-8-6-12(2)7-9-13/h6-9H,4-5,10-11,17H2,1-3H3. The van der Waals surface area contributed by atoms with Gasteiger partial charge in [-0.2, -0.15) is 5.10 Å². The molecule has 0 aliphatic heterocycles. The highest BCUT2D eigenvalue weighted by molar-refractivity contribution is 5.43. The number of anilines is 1. The predicted molar refractivity (Wildman–Crippen MR) is 80.2 cm³/mol. The molecule has 0 unspecified atom stereocenters. The summed E-state index contributed by atoms with van der Waals surface area (Å²) in [6.07, 6.45) is 4.10. The van der Waals surface area contributed by atoms with Crippen LogP contribution in [0.4, 0.5) is 5.82 Å². The molecule has 3 nitrogen and oxygen atoms in total. The fourth-order valence-electron chi connectivity index (χ4n) is 2.38. The van der Waals surface area contributed by atoms with Crippen molar-refractivity contribution in [3.63, 3.8) is 0 Å². The fourth-order valence-corrected chi connectivity index (χ4v) is 2.38. The van der Waals surface area contributed by atoms with Gasteiger partial charge in [0.1, 0.15) is 5.82 Å². The van der Waals surface area contributed by atoms with Crippen molar-refractivity contribution in [1.29, 1.82) is 0 Å². The Labute approximate surface area is 115 Å². The summed E-state index contributed by atoms with van der Waals surface area (Å²) >= 11 is 0. The second-order valence-electron chi connectivity index (χ2n) is 5.17. The molecule has 102 valence electrons. The summed E-state index contributed by atoms with van der Waals surface area (Å²) in [6, 6.07) is 8.71. The van der Waals surface area contributed by atoms with Crippen molar-refractivity contribution in [1.82, 2.24) is 9.78 Å². The molecule has 0 spiro atoms. The lowest BCUT2D eigenvalue weighted by molar-refractivity contribution is 0.744. The molecule has 2 N–H and O–H groups in total. The minimum atomic E-state index is 0.820. The summed E-state index contributed by atoms with van der Waals surface area (Å²) in [7, 11) is 1.92. The van der Waals surface area contributed by atoms with Crippen molar-refractivity contribution in [2.75, 3.05) is 5.73 Å². The minimum Gasteiger partial charge on any atom is -0.384 e. The van der Waals surface area contributed by atoms with Crippen molar-refractivity contribution in [3.05, 3.63) is 46.6 Å². The van der Waals surface area contributed by atoms with Crippen LogP contribution in [0.2, 0.25) is 0 Å². The summed E-state index contributed by atoms with van der Waals surface area (Å²) in [6.45, 7) is 4.29. The van der Waals surface area contributed by atoms with Gasteiger partial charge in [0.2, 0.25) is 0 Å². The third-order valence-electron chi connectivity index (χ3n) is 3.55. The zero-order chi connectivity index (χ0) is 13.8. The summed E-state index contributed by atoms with van der Waals surface area (Å²) in [5, 5.41) is 4.55. The van der Waals surface area contributed by atoms with Gasteiger partial charge in [0.15, 0.2) is 0 Å². The zero-order valence-corrected chi connectivity index (χ0v) is 12.1. The lowest BCUT2D eigenvalue weighted by Crippen LogP contribution is -1.99. The topological polar surface area (TPSA) is 43.8 Å². The molecule has 19 heavy (non-hydrogen) atoms. The number of benzene rings is 1. The van der Waals surface area contributed by atoms with Crippen LogP contribution in [-0.4, -0.2) is 9.78 Å². The van der Waals surface area contributed by atoms with Crippen molar-refractivity contribution >= 4 is 5.82 Å². The van der Waals surface area contributed by atoms with Gasteiger partial charge in [-0.1, -0.05) is 43.2 Å². The van der Waals surface area contributed by atoms with Crippen LogP contribution < -0.4 is 5.73 Å². The molecule has 0 amide bonds. The Morgan fingerprint density at radius 3 is 2.42 bits per heavy atom. The number of nitrogen functional groups attached to an aromatic ring is 1. The van der Waals surface area contributed by atoms with Crippen LogP contribution in [0.5, 0.6) is 0 Å². The Bertz CT molecular complexity index is 538. The molecule has 0 saturated carbocycles. The maximum Gasteiger partial charge on any atom is 0.124 e. The Kier molecular flexibility index (Phi) is 4.25. The minimum absolute atomic E-state index is 0.820. The second kappa shape index (κ2) is 5.91. The third kappa shape index (κ3) is 3.16. The molecule has 2 aromatic rings. The van der Waals surface area contributed by atoms with Crippen molar-refractivity contribution < 1.29 is 0 Å². The number of aromatic nitrogens is 2. The number of hydrogen-bond acceptors (Lipinski definition) is 2. The second-order valence-corrected chi connectivity index (χ2v) is 5.17. The maximum atomic E-state index is 6.08. The number of rotatable bonds is 5. The maximum absolute atomic E-state index is 6.08. The van der Waals surface area contributed by atoms with E-state index in [1.54, 1.807) is 4.68 Å². The van der Waals surface area contributed by atoms with Gasteiger partial charge in [-0.05, 0) is 31.7 Å². The Hall–Kier alpha value is -1.77. The first-order valence-electron chi connectivity index (χ1n) is 6.97. The molecule has 1 heterocycles. The predicted octanol–water partition coefficient (Wildman–Crippen LogP) is 3.05. The molecule has 1 aromatic carbocycles. The van der Waals surface area contributed by atoms with Gasteiger partial charge in [0.25, 0.3) is 0 Å².